The molecule has 1 atom stereocenters. The van der Waals surface area contributed by atoms with Gasteiger partial charge in [-0.25, -0.2) is 4.79 Å². The van der Waals surface area contributed by atoms with Crippen molar-refractivity contribution >= 4 is 16.8 Å². The molecule has 0 saturated carbocycles. The first-order valence-electron chi connectivity index (χ1n) is 8.64. The van der Waals surface area contributed by atoms with Crippen molar-refractivity contribution in [3.63, 3.8) is 0 Å². The number of aromatic amines is 1. The van der Waals surface area contributed by atoms with Crippen LogP contribution in [0, 0.1) is 0 Å². The second-order valence-corrected chi connectivity index (χ2v) is 6.23. The van der Waals surface area contributed by atoms with Crippen LogP contribution in [0.5, 0.6) is 0 Å². The SMILES string of the molecule is CC[C@@H](C)N(C)CCNC(=O)c1ccc2c(=O)n(CC)c(=O)[nH]c2c1. The normalized spacial score (nSPS) is 12.5. The monoisotopic (exact) mass is 346 g/mol. The molecule has 7 nitrogen and oxygen atoms in total. The number of nitrogens with zero attached hydrogens (tertiary/aromatic N) is 2. The van der Waals surface area contributed by atoms with E-state index in [2.05, 4.69) is 29.0 Å². The standard InChI is InChI=1S/C18H26N4O3/c1-5-12(3)21(4)10-9-19-16(23)13-7-8-14-15(11-13)20-18(25)22(6-2)17(14)24/h7-8,11-12H,5-6,9-10H2,1-4H3,(H,19,23)(H,20,25)/t12-/m1/s1. The molecule has 7 heteroatoms. The van der Waals surface area contributed by atoms with Crippen molar-refractivity contribution in [1.29, 1.82) is 0 Å². The maximum Gasteiger partial charge on any atom is 0.328 e. The fourth-order valence-corrected chi connectivity index (χ4v) is 2.66. The number of fused-ring (bicyclic) bond motifs is 1. The van der Waals surface area contributed by atoms with Crippen LogP contribution in [0.3, 0.4) is 0 Å². The quantitative estimate of drug-likeness (QED) is 0.788. The summed E-state index contributed by atoms with van der Waals surface area (Å²) in [5.74, 6) is -0.222. The molecule has 2 rings (SSSR count). The van der Waals surface area contributed by atoms with Gasteiger partial charge in [0.25, 0.3) is 11.5 Å². The van der Waals surface area contributed by atoms with Crippen LogP contribution in [0.25, 0.3) is 10.9 Å². The zero-order valence-corrected chi connectivity index (χ0v) is 15.3. The number of nitrogens with one attached hydrogen (secondary N) is 2. The second-order valence-electron chi connectivity index (χ2n) is 6.23. The average Bonchev–Trinajstić information content (AvgIpc) is 2.60. The van der Waals surface area contributed by atoms with Crippen molar-refractivity contribution in [2.45, 2.75) is 39.8 Å². The Morgan fingerprint density at radius 1 is 1.32 bits per heavy atom. The van der Waals surface area contributed by atoms with E-state index in [0.29, 0.717) is 35.6 Å². The molecule has 0 saturated heterocycles. The number of amides is 1. The summed E-state index contributed by atoms with van der Waals surface area (Å²) in [5.41, 5.74) is -0.0109. The first kappa shape index (κ1) is 18.9. The van der Waals surface area contributed by atoms with Gasteiger partial charge in [-0.2, -0.15) is 0 Å². The molecule has 0 aliphatic rings. The molecule has 1 amide bonds. The van der Waals surface area contributed by atoms with Gasteiger partial charge in [0.2, 0.25) is 0 Å². The molecule has 0 radical (unpaired) electrons. The number of H-pyrrole nitrogens is 1. The van der Waals surface area contributed by atoms with Crippen LogP contribution in [0.2, 0.25) is 0 Å². The van der Waals surface area contributed by atoms with Gasteiger partial charge < -0.3 is 15.2 Å². The minimum atomic E-state index is -0.465. The van der Waals surface area contributed by atoms with Crippen LogP contribution in [0.15, 0.2) is 27.8 Å². The molecule has 2 aromatic rings. The smallest absolute Gasteiger partial charge is 0.328 e. The Morgan fingerprint density at radius 2 is 2.04 bits per heavy atom. The van der Waals surface area contributed by atoms with Crippen LogP contribution in [-0.4, -0.2) is 46.5 Å². The number of likely N-dealkylation sites (N-methyl/N-ethyl adjacent to an activating group) is 1. The van der Waals surface area contributed by atoms with Gasteiger partial charge in [-0.3, -0.25) is 14.2 Å². The molecule has 0 bridgehead atoms. The summed E-state index contributed by atoms with van der Waals surface area (Å²) < 4.78 is 1.13. The summed E-state index contributed by atoms with van der Waals surface area (Å²) in [6, 6.07) is 5.20. The lowest BCUT2D eigenvalue weighted by Crippen LogP contribution is -2.37. The molecule has 0 unspecified atom stereocenters. The number of rotatable bonds is 7. The van der Waals surface area contributed by atoms with Crippen molar-refractivity contribution < 1.29 is 4.79 Å². The van der Waals surface area contributed by atoms with Crippen molar-refractivity contribution in [3.05, 3.63) is 44.6 Å². The molecule has 1 aromatic heterocycles. The third-order valence-corrected chi connectivity index (χ3v) is 4.65. The highest BCUT2D eigenvalue weighted by Gasteiger charge is 2.11. The van der Waals surface area contributed by atoms with E-state index in [4.69, 9.17) is 0 Å². The summed E-state index contributed by atoms with van der Waals surface area (Å²) >= 11 is 0. The van der Waals surface area contributed by atoms with Crippen LogP contribution >= 0.6 is 0 Å². The van der Waals surface area contributed by atoms with E-state index in [1.165, 1.54) is 0 Å². The molecule has 25 heavy (non-hydrogen) atoms. The third kappa shape index (κ3) is 4.17. The lowest BCUT2D eigenvalue weighted by Gasteiger charge is -2.23. The Kier molecular flexibility index (Phi) is 6.14. The molecular weight excluding hydrogens is 320 g/mol. The van der Waals surface area contributed by atoms with Gasteiger partial charge in [0, 0.05) is 31.2 Å². The first-order valence-corrected chi connectivity index (χ1v) is 8.64. The fraction of sp³-hybridized carbons (Fsp3) is 0.500. The highest BCUT2D eigenvalue weighted by atomic mass is 16.2. The van der Waals surface area contributed by atoms with Crippen LogP contribution in [0.4, 0.5) is 0 Å². The van der Waals surface area contributed by atoms with Gasteiger partial charge in [-0.1, -0.05) is 6.92 Å². The molecule has 0 spiro atoms. The van der Waals surface area contributed by atoms with Crippen molar-refractivity contribution in [3.8, 4) is 0 Å². The number of benzene rings is 1. The van der Waals surface area contributed by atoms with E-state index in [0.717, 1.165) is 17.5 Å². The molecule has 0 fully saturated rings. The number of aromatic nitrogens is 2. The van der Waals surface area contributed by atoms with Gasteiger partial charge in [0.05, 0.1) is 10.9 Å². The first-order chi connectivity index (χ1) is 11.9. The second kappa shape index (κ2) is 8.11. The fourth-order valence-electron chi connectivity index (χ4n) is 2.66. The maximum absolute atomic E-state index is 12.3. The highest BCUT2D eigenvalue weighted by molar-refractivity contribution is 5.97. The number of hydrogen-bond donors (Lipinski definition) is 2. The molecule has 1 aromatic carbocycles. The van der Waals surface area contributed by atoms with E-state index in [1.807, 2.05) is 7.05 Å². The summed E-state index contributed by atoms with van der Waals surface area (Å²) in [6.45, 7) is 7.60. The summed E-state index contributed by atoms with van der Waals surface area (Å²) in [5, 5.41) is 3.27. The Labute approximate surface area is 146 Å². The zero-order valence-electron chi connectivity index (χ0n) is 15.3. The zero-order chi connectivity index (χ0) is 18.6. The Hall–Kier alpha value is -2.41. The minimum absolute atomic E-state index is 0.222. The van der Waals surface area contributed by atoms with Gasteiger partial charge in [-0.05, 0) is 45.5 Å². The molecule has 0 aliphatic heterocycles. The van der Waals surface area contributed by atoms with Crippen molar-refractivity contribution in [2.24, 2.45) is 0 Å². The predicted octanol–water partition coefficient (Wildman–Crippen LogP) is 1.17. The number of carbonyl (C=O) groups excluding carboxylic acids is 1. The average molecular weight is 346 g/mol. The van der Waals surface area contributed by atoms with Crippen molar-refractivity contribution in [2.75, 3.05) is 20.1 Å². The molecule has 1 heterocycles. The summed E-state index contributed by atoms with van der Waals surface area (Å²) in [6.07, 6.45) is 1.05. The van der Waals surface area contributed by atoms with Crippen LogP contribution in [-0.2, 0) is 6.54 Å². The van der Waals surface area contributed by atoms with E-state index < -0.39 is 5.69 Å². The third-order valence-electron chi connectivity index (χ3n) is 4.65. The Balaban J connectivity index is 2.15. The summed E-state index contributed by atoms with van der Waals surface area (Å²) in [4.78, 5) is 41.3. The van der Waals surface area contributed by atoms with E-state index in [1.54, 1.807) is 25.1 Å². The maximum atomic E-state index is 12.3. The van der Waals surface area contributed by atoms with Gasteiger partial charge in [0.1, 0.15) is 0 Å². The van der Waals surface area contributed by atoms with Gasteiger partial charge in [0.15, 0.2) is 0 Å². The lowest BCUT2D eigenvalue weighted by atomic mass is 10.1. The van der Waals surface area contributed by atoms with Crippen molar-refractivity contribution in [1.82, 2.24) is 19.8 Å². The molecular formula is C18H26N4O3. The van der Waals surface area contributed by atoms with Crippen LogP contribution < -0.4 is 16.6 Å². The van der Waals surface area contributed by atoms with Crippen LogP contribution in [0.1, 0.15) is 37.6 Å². The predicted molar refractivity (Wildman–Crippen MR) is 99.2 cm³/mol. The number of carbonyl (C=O) groups is 1. The largest absolute Gasteiger partial charge is 0.351 e. The van der Waals surface area contributed by atoms with E-state index in [-0.39, 0.29) is 11.5 Å². The molecule has 2 N–H and O–H groups in total. The van der Waals surface area contributed by atoms with Gasteiger partial charge >= 0.3 is 5.69 Å². The molecule has 136 valence electrons. The topological polar surface area (TPSA) is 87.2 Å². The number of hydrogen-bond acceptors (Lipinski definition) is 4. The minimum Gasteiger partial charge on any atom is -0.351 e. The summed E-state index contributed by atoms with van der Waals surface area (Å²) in [7, 11) is 2.03. The van der Waals surface area contributed by atoms with Gasteiger partial charge in [-0.15, -0.1) is 0 Å². The highest BCUT2D eigenvalue weighted by Crippen LogP contribution is 2.09. The lowest BCUT2D eigenvalue weighted by molar-refractivity contribution is 0.0947. The van der Waals surface area contributed by atoms with E-state index in [9.17, 15) is 14.4 Å². The van der Waals surface area contributed by atoms with E-state index >= 15 is 0 Å². The Bertz CT molecular complexity index is 869. The molecule has 0 aliphatic carbocycles. The Morgan fingerprint density at radius 3 is 2.68 bits per heavy atom.